The Morgan fingerprint density at radius 1 is 1.17 bits per heavy atom. The Morgan fingerprint density at radius 3 is 2.67 bits per heavy atom. The van der Waals surface area contributed by atoms with E-state index in [1.807, 2.05) is 42.5 Å². The van der Waals surface area contributed by atoms with Crippen LogP contribution in [0.4, 0.5) is 5.69 Å². The molecule has 0 saturated carbocycles. The van der Waals surface area contributed by atoms with E-state index in [-0.39, 0.29) is 4.99 Å². The van der Waals surface area contributed by atoms with E-state index in [0.29, 0.717) is 11.4 Å². The molecule has 2 aromatic rings. The highest BCUT2D eigenvalue weighted by Crippen LogP contribution is 2.04. The maximum absolute atomic E-state index is 5.51. The van der Waals surface area contributed by atoms with E-state index in [1.54, 1.807) is 12.3 Å². The molecule has 0 radical (unpaired) electrons. The summed E-state index contributed by atoms with van der Waals surface area (Å²) in [6, 6.07) is 15.1. The number of hydrazone groups is 1. The quantitative estimate of drug-likeness (QED) is 0.500. The average Bonchev–Trinajstić information content (AvgIpc) is 2.40. The molecule has 1 heterocycles. The Balaban J connectivity index is 2.05. The molecule has 0 fully saturated rings. The molecule has 0 spiro atoms. The van der Waals surface area contributed by atoms with Gasteiger partial charge in [0.2, 0.25) is 0 Å². The maximum Gasteiger partial charge on any atom is 0.122 e. The normalized spacial score (nSPS) is 10.4. The Labute approximate surface area is 111 Å². The molecule has 2 rings (SSSR count). The Morgan fingerprint density at radius 2 is 1.94 bits per heavy atom. The fraction of sp³-hybridized carbons (Fsp3) is 0. The average molecular weight is 256 g/mol. The number of nitrogens with one attached hydrogen (secondary N) is 1. The Hall–Kier alpha value is -2.27. The lowest BCUT2D eigenvalue weighted by atomic mass is 10.3. The molecule has 90 valence electrons. The second kappa shape index (κ2) is 5.88. The van der Waals surface area contributed by atoms with Crippen molar-refractivity contribution in [2.75, 3.05) is 5.43 Å². The molecular weight excluding hydrogens is 244 g/mol. The van der Waals surface area contributed by atoms with Gasteiger partial charge in [0.1, 0.15) is 4.99 Å². The first-order valence-corrected chi connectivity index (χ1v) is 5.77. The molecule has 0 atom stereocenters. The maximum atomic E-state index is 5.51. The van der Waals surface area contributed by atoms with Crippen molar-refractivity contribution >= 4 is 29.1 Å². The van der Waals surface area contributed by atoms with Gasteiger partial charge in [0.25, 0.3) is 0 Å². The predicted octanol–water partition coefficient (Wildman–Crippen LogP) is 2.16. The molecule has 0 aliphatic heterocycles. The minimum absolute atomic E-state index is 0.279. The molecule has 5 heteroatoms. The van der Waals surface area contributed by atoms with Crippen LogP contribution in [0.15, 0.2) is 53.6 Å². The van der Waals surface area contributed by atoms with Crippen molar-refractivity contribution in [3.8, 4) is 0 Å². The van der Waals surface area contributed by atoms with E-state index in [1.165, 1.54) is 0 Å². The van der Waals surface area contributed by atoms with Crippen molar-refractivity contribution in [2.24, 2.45) is 10.8 Å². The molecule has 4 nitrogen and oxygen atoms in total. The molecule has 0 aliphatic carbocycles. The zero-order chi connectivity index (χ0) is 12.8. The molecule has 1 aromatic carbocycles. The lowest BCUT2D eigenvalue weighted by molar-refractivity contribution is 1.25. The molecule has 0 aliphatic rings. The first-order chi connectivity index (χ1) is 8.75. The van der Waals surface area contributed by atoms with E-state index in [2.05, 4.69) is 15.5 Å². The Bertz CT molecular complexity index is 566. The highest BCUT2D eigenvalue weighted by atomic mass is 32.1. The fourth-order valence-corrected chi connectivity index (χ4v) is 1.46. The van der Waals surface area contributed by atoms with Gasteiger partial charge in [0.15, 0.2) is 0 Å². The van der Waals surface area contributed by atoms with Crippen LogP contribution in [0, 0.1) is 0 Å². The molecule has 0 bridgehead atoms. The summed E-state index contributed by atoms with van der Waals surface area (Å²) in [4.78, 5) is 4.53. The van der Waals surface area contributed by atoms with Gasteiger partial charge >= 0.3 is 0 Å². The fourth-order valence-electron chi connectivity index (χ4n) is 1.35. The number of nitrogens with two attached hydrogens (primary N) is 1. The lowest BCUT2D eigenvalue weighted by Gasteiger charge is -2.00. The van der Waals surface area contributed by atoms with Crippen LogP contribution in [0.25, 0.3) is 0 Å². The predicted molar refractivity (Wildman–Crippen MR) is 77.8 cm³/mol. The van der Waals surface area contributed by atoms with Gasteiger partial charge in [-0.1, -0.05) is 36.5 Å². The molecule has 18 heavy (non-hydrogen) atoms. The van der Waals surface area contributed by atoms with Crippen molar-refractivity contribution < 1.29 is 0 Å². The molecular formula is C13H12N4S. The number of para-hydroxylation sites is 1. The van der Waals surface area contributed by atoms with E-state index in [9.17, 15) is 0 Å². The van der Waals surface area contributed by atoms with Crippen LogP contribution in [-0.4, -0.2) is 16.2 Å². The van der Waals surface area contributed by atoms with Gasteiger partial charge in [-0.2, -0.15) is 5.10 Å². The van der Waals surface area contributed by atoms with Crippen LogP contribution in [-0.2, 0) is 0 Å². The Kier molecular flexibility index (Phi) is 3.98. The van der Waals surface area contributed by atoms with E-state index >= 15 is 0 Å². The third-order valence-corrected chi connectivity index (χ3v) is 2.40. The van der Waals surface area contributed by atoms with E-state index < -0.39 is 0 Å². The van der Waals surface area contributed by atoms with Crippen LogP contribution in [0.3, 0.4) is 0 Å². The van der Waals surface area contributed by atoms with Gasteiger partial charge < -0.3 is 5.73 Å². The SMILES string of the molecule is NC(=S)c1cccc(/C=N\Nc2ccccc2)n1. The van der Waals surface area contributed by atoms with Crippen molar-refractivity contribution in [2.45, 2.75) is 0 Å². The highest BCUT2D eigenvalue weighted by Gasteiger charge is 1.97. The van der Waals surface area contributed by atoms with Gasteiger partial charge in [-0.25, -0.2) is 4.98 Å². The molecule has 3 N–H and O–H groups in total. The van der Waals surface area contributed by atoms with Crippen LogP contribution < -0.4 is 11.2 Å². The zero-order valence-electron chi connectivity index (χ0n) is 9.58. The molecule has 0 unspecified atom stereocenters. The van der Waals surface area contributed by atoms with Gasteiger partial charge in [-0.15, -0.1) is 0 Å². The van der Waals surface area contributed by atoms with E-state index in [0.717, 1.165) is 5.69 Å². The highest BCUT2D eigenvalue weighted by molar-refractivity contribution is 7.80. The van der Waals surface area contributed by atoms with Crippen LogP contribution >= 0.6 is 12.2 Å². The summed E-state index contributed by atoms with van der Waals surface area (Å²) in [5.41, 5.74) is 10.6. The van der Waals surface area contributed by atoms with Gasteiger partial charge in [-0.05, 0) is 24.3 Å². The van der Waals surface area contributed by atoms with Crippen LogP contribution in [0.2, 0.25) is 0 Å². The summed E-state index contributed by atoms with van der Waals surface area (Å²) in [7, 11) is 0. The third-order valence-electron chi connectivity index (χ3n) is 2.19. The van der Waals surface area contributed by atoms with Gasteiger partial charge in [0, 0.05) is 0 Å². The lowest BCUT2D eigenvalue weighted by Crippen LogP contribution is -2.12. The first kappa shape index (κ1) is 12.2. The number of pyridine rings is 1. The number of hydrogen-bond acceptors (Lipinski definition) is 4. The number of aromatic nitrogens is 1. The minimum atomic E-state index is 0.279. The topological polar surface area (TPSA) is 63.3 Å². The standard InChI is InChI=1S/C13H12N4S/c14-13(18)12-8-4-7-11(16-12)9-15-17-10-5-2-1-3-6-10/h1-9,17H,(H2,14,18)/b15-9-. The first-order valence-electron chi connectivity index (χ1n) is 5.37. The summed E-state index contributed by atoms with van der Waals surface area (Å²) < 4.78 is 0. The number of thiocarbonyl (C=S) groups is 1. The summed E-state index contributed by atoms with van der Waals surface area (Å²) in [5.74, 6) is 0. The molecule has 1 aromatic heterocycles. The van der Waals surface area contributed by atoms with Crippen molar-refractivity contribution in [3.05, 3.63) is 59.9 Å². The minimum Gasteiger partial charge on any atom is -0.388 e. The summed E-state index contributed by atoms with van der Waals surface area (Å²) in [5, 5.41) is 4.09. The smallest absolute Gasteiger partial charge is 0.122 e. The molecule has 0 amide bonds. The number of hydrogen-bond donors (Lipinski definition) is 2. The monoisotopic (exact) mass is 256 g/mol. The summed E-state index contributed by atoms with van der Waals surface area (Å²) >= 11 is 4.87. The largest absolute Gasteiger partial charge is 0.388 e. The second-order valence-electron chi connectivity index (χ2n) is 3.55. The van der Waals surface area contributed by atoms with Crippen molar-refractivity contribution in [1.29, 1.82) is 0 Å². The number of rotatable bonds is 4. The van der Waals surface area contributed by atoms with E-state index in [4.69, 9.17) is 18.0 Å². The number of benzene rings is 1. The van der Waals surface area contributed by atoms with Gasteiger partial charge in [-0.3, -0.25) is 5.43 Å². The number of anilines is 1. The van der Waals surface area contributed by atoms with Crippen molar-refractivity contribution in [3.63, 3.8) is 0 Å². The van der Waals surface area contributed by atoms with Crippen LogP contribution in [0.1, 0.15) is 11.4 Å². The third kappa shape index (κ3) is 3.36. The zero-order valence-corrected chi connectivity index (χ0v) is 10.4. The number of nitrogens with zero attached hydrogens (tertiary/aromatic N) is 2. The second-order valence-corrected chi connectivity index (χ2v) is 3.99. The van der Waals surface area contributed by atoms with Crippen LogP contribution in [0.5, 0.6) is 0 Å². The summed E-state index contributed by atoms with van der Waals surface area (Å²) in [6.45, 7) is 0. The van der Waals surface area contributed by atoms with Gasteiger partial charge in [0.05, 0.1) is 23.3 Å². The summed E-state index contributed by atoms with van der Waals surface area (Å²) in [6.07, 6.45) is 1.62. The molecule has 0 saturated heterocycles. The van der Waals surface area contributed by atoms with Crippen molar-refractivity contribution in [1.82, 2.24) is 4.98 Å².